The van der Waals surface area contributed by atoms with Gasteiger partial charge in [0.1, 0.15) is 0 Å². The molecular formula is C15H34FeN2. The molecule has 0 spiro atoms. The van der Waals surface area contributed by atoms with E-state index < -0.39 is 0 Å². The number of imidazole rings is 1. The van der Waals surface area contributed by atoms with E-state index in [0.29, 0.717) is 0 Å². The van der Waals surface area contributed by atoms with Crippen LogP contribution in [0.15, 0.2) is 0 Å². The third kappa shape index (κ3) is 7.94. The molecule has 1 aromatic rings. The fraction of sp³-hybridized carbons (Fsp3) is 0.800. The van der Waals surface area contributed by atoms with Crippen LogP contribution in [0.1, 0.15) is 65.8 Å². The first-order valence-electron chi connectivity index (χ1n) is 7.13. The van der Waals surface area contributed by atoms with E-state index in [1.54, 1.807) is 0 Å². The molecule has 0 atom stereocenters. The molecule has 2 nitrogen and oxygen atoms in total. The number of rotatable bonds is 1. The molecule has 0 aliphatic heterocycles. The van der Waals surface area contributed by atoms with E-state index in [9.17, 15) is 0 Å². The number of hydrogen-bond acceptors (Lipinski definition) is 0. The van der Waals surface area contributed by atoms with Crippen molar-refractivity contribution in [1.29, 1.82) is 0 Å². The van der Waals surface area contributed by atoms with Crippen molar-refractivity contribution in [2.45, 2.75) is 68.2 Å². The molecule has 0 saturated carbocycles. The summed E-state index contributed by atoms with van der Waals surface area (Å²) >= 11 is 3.93. The molecule has 18 heavy (non-hydrogen) atoms. The van der Waals surface area contributed by atoms with Crippen molar-refractivity contribution in [1.82, 2.24) is 9.13 Å². The van der Waals surface area contributed by atoms with Gasteiger partial charge in [0.05, 0.1) is 0 Å². The Morgan fingerprint density at radius 3 is 1.06 bits per heavy atom. The Balaban J connectivity index is -0.000000238. The molecule has 1 rings (SSSR count). The molecule has 0 bridgehead atoms. The van der Waals surface area contributed by atoms with Gasteiger partial charge in [0.15, 0.2) is 0 Å². The van der Waals surface area contributed by atoms with Crippen LogP contribution in [-0.2, 0) is 29.7 Å². The van der Waals surface area contributed by atoms with E-state index in [1.165, 1.54) is 24.2 Å². The molecule has 112 valence electrons. The van der Waals surface area contributed by atoms with Gasteiger partial charge in [-0.1, -0.05) is 54.4 Å². The Labute approximate surface area is 123 Å². The van der Waals surface area contributed by atoms with Crippen molar-refractivity contribution in [3.8, 4) is 0 Å². The Morgan fingerprint density at radius 1 is 0.778 bits per heavy atom. The summed E-state index contributed by atoms with van der Waals surface area (Å²) in [4.78, 5) is 0. The zero-order chi connectivity index (χ0) is 15.3. The van der Waals surface area contributed by atoms with Crippen molar-refractivity contribution in [3.63, 3.8) is 0 Å². The second-order valence-corrected chi connectivity index (χ2v) is 4.04. The first kappa shape index (κ1) is 22.9. The molecule has 0 aliphatic rings. The van der Waals surface area contributed by atoms with Gasteiger partial charge in [-0.2, -0.15) is 0 Å². The predicted molar refractivity (Wildman–Crippen MR) is 80.4 cm³/mol. The molecule has 3 heteroatoms. The van der Waals surface area contributed by atoms with E-state index in [1.807, 2.05) is 41.8 Å². The monoisotopic (exact) mass is 298 g/mol. The molecular weight excluding hydrogens is 264 g/mol. The molecule has 0 fully saturated rings. The number of aromatic nitrogens is 2. The summed E-state index contributed by atoms with van der Waals surface area (Å²) in [6.07, 6.45) is 2.64. The molecule has 0 unspecified atom stereocenters. The van der Waals surface area contributed by atoms with Crippen molar-refractivity contribution < 1.29 is 15.6 Å². The molecule has 0 saturated heterocycles. The maximum atomic E-state index is 3.93. The third-order valence-corrected chi connectivity index (χ3v) is 3.31. The second kappa shape index (κ2) is 14.8. The van der Waals surface area contributed by atoms with E-state index >= 15 is 0 Å². The first-order valence-corrected chi connectivity index (χ1v) is 7.68. The Hall–Kier alpha value is -0.271. The quantitative estimate of drug-likeness (QED) is 0.651. The molecule has 0 radical (unpaired) electrons. The summed E-state index contributed by atoms with van der Waals surface area (Å²) < 4.78 is 5.24. The van der Waals surface area contributed by atoms with Crippen LogP contribution in [0.2, 0.25) is 0 Å². The molecule has 1 heterocycles. The van der Waals surface area contributed by atoms with Crippen molar-refractivity contribution >= 4 is 0 Å². The topological polar surface area (TPSA) is 9.86 Å². The minimum atomic E-state index is 1.05. The number of hydrogen-bond donors (Lipinski definition) is 0. The average molecular weight is 298 g/mol. The minimum absolute atomic E-state index is 1.05. The van der Waals surface area contributed by atoms with Gasteiger partial charge in [0.2, 0.25) is 0 Å². The first-order chi connectivity index (χ1) is 8.47. The van der Waals surface area contributed by atoms with E-state index in [-0.39, 0.29) is 0 Å². The SMILES string of the molecule is CC.CC.CCCC.Cc1c(C)n(C)[c](=[Fe])n1C. The van der Waals surface area contributed by atoms with Crippen LogP contribution in [0.4, 0.5) is 0 Å². The van der Waals surface area contributed by atoms with Crippen LogP contribution in [0.25, 0.3) is 0 Å². The van der Waals surface area contributed by atoms with Gasteiger partial charge in [0.25, 0.3) is 0 Å². The van der Waals surface area contributed by atoms with Crippen LogP contribution in [0, 0.1) is 18.2 Å². The molecule has 0 aliphatic carbocycles. The van der Waals surface area contributed by atoms with Crippen LogP contribution in [0.3, 0.4) is 0 Å². The van der Waals surface area contributed by atoms with Gasteiger partial charge in [-0.25, -0.2) is 0 Å². The van der Waals surface area contributed by atoms with Crippen molar-refractivity contribution in [3.05, 3.63) is 15.7 Å². The summed E-state index contributed by atoms with van der Waals surface area (Å²) in [5.74, 6) is 0. The van der Waals surface area contributed by atoms with E-state index in [0.717, 1.165) is 4.32 Å². The van der Waals surface area contributed by atoms with Crippen molar-refractivity contribution in [2.75, 3.05) is 0 Å². The third-order valence-electron chi connectivity index (χ3n) is 2.57. The predicted octanol–water partition coefficient (Wildman–Crippen LogP) is 4.92. The zero-order valence-corrected chi connectivity index (χ0v) is 15.3. The summed E-state index contributed by atoms with van der Waals surface area (Å²) in [7, 11) is 4.06. The summed E-state index contributed by atoms with van der Waals surface area (Å²) in [6, 6.07) is 0. The van der Waals surface area contributed by atoms with Gasteiger partial charge in [0, 0.05) is 0 Å². The van der Waals surface area contributed by atoms with Crippen LogP contribution >= 0.6 is 0 Å². The average Bonchev–Trinajstić information content (AvgIpc) is 2.61. The summed E-state index contributed by atoms with van der Waals surface area (Å²) in [5, 5.41) is 0. The Kier molecular flexibility index (Phi) is 18.8. The normalized spacial score (nSPS) is 8.17. The van der Waals surface area contributed by atoms with Crippen LogP contribution < -0.4 is 0 Å². The Bertz CT molecular complexity index is 304. The Morgan fingerprint density at radius 2 is 1.00 bits per heavy atom. The molecule has 0 N–H and O–H groups in total. The fourth-order valence-corrected chi connectivity index (χ4v) is 1.35. The van der Waals surface area contributed by atoms with Crippen LogP contribution in [0.5, 0.6) is 0 Å². The van der Waals surface area contributed by atoms with Gasteiger partial charge >= 0.3 is 68.4 Å². The second-order valence-electron chi connectivity index (χ2n) is 3.55. The van der Waals surface area contributed by atoms with Gasteiger partial charge < -0.3 is 0 Å². The van der Waals surface area contributed by atoms with Gasteiger partial charge in [-0.05, 0) is 0 Å². The van der Waals surface area contributed by atoms with Gasteiger partial charge in [-0.3, -0.25) is 0 Å². The standard InChI is InChI=1S/C7H12N2.C4H10.2C2H6.Fe/c1-6-7(2)9(4)5-8(6)3;1-3-4-2;2*1-2;/h1-4H3;3-4H2,1-2H3;2*1-2H3;. The number of unbranched alkanes of at least 4 members (excludes halogenated alkanes) is 1. The summed E-state index contributed by atoms with van der Waals surface area (Å²) in [5.41, 5.74) is 2.57. The molecule has 0 amide bonds. The molecule has 0 aromatic carbocycles. The molecule has 1 aromatic heterocycles. The van der Waals surface area contributed by atoms with Gasteiger partial charge in [-0.15, -0.1) is 0 Å². The zero-order valence-electron chi connectivity index (χ0n) is 14.2. The number of nitrogens with zero attached hydrogens (tertiary/aromatic N) is 2. The van der Waals surface area contributed by atoms with E-state index in [4.69, 9.17) is 0 Å². The summed E-state index contributed by atoms with van der Waals surface area (Å²) in [6.45, 7) is 16.6. The van der Waals surface area contributed by atoms with Crippen LogP contribution in [-0.4, -0.2) is 9.13 Å². The van der Waals surface area contributed by atoms with Crippen molar-refractivity contribution in [2.24, 2.45) is 14.1 Å². The van der Waals surface area contributed by atoms with E-state index in [2.05, 4.69) is 52.4 Å². The maximum absolute atomic E-state index is 3.93. The fourth-order valence-electron chi connectivity index (χ4n) is 0.979.